The zero-order valence-corrected chi connectivity index (χ0v) is 10.6. The van der Waals surface area contributed by atoms with Gasteiger partial charge in [-0.25, -0.2) is 0 Å². The molecule has 1 saturated carbocycles. The molecule has 0 aromatic rings. The predicted molar refractivity (Wildman–Crippen MR) is 63.4 cm³/mol. The second kappa shape index (κ2) is 4.61. The molecule has 0 aromatic heterocycles. The monoisotopic (exact) mass is 228 g/mol. The van der Waals surface area contributed by atoms with E-state index >= 15 is 0 Å². The summed E-state index contributed by atoms with van der Waals surface area (Å²) in [5.74, 6) is 0.769. The zero-order chi connectivity index (χ0) is 11.8. The van der Waals surface area contributed by atoms with Gasteiger partial charge in [-0.15, -0.1) is 0 Å². The highest BCUT2D eigenvalue weighted by Gasteiger charge is 2.49. The van der Waals surface area contributed by atoms with E-state index in [-0.39, 0.29) is 17.7 Å². The molecule has 0 aromatic carbocycles. The first-order valence-electron chi connectivity index (χ1n) is 6.16. The summed E-state index contributed by atoms with van der Waals surface area (Å²) in [6.07, 6.45) is 3.02. The van der Waals surface area contributed by atoms with Gasteiger partial charge in [0.15, 0.2) is 0 Å². The second-order valence-corrected chi connectivity index (χ2v) is 5.29. The number of likely N-dealkylation sites (tertiary alicyclic amines) is 1. The number of rotatable bonds is 5. The highest BCUT2D eigenvalue weighted by molar-refractivity contribution is 5.04. The predicted octanol–water partition coefficient (Wildman–Crippen LogP) is 0.459. The van der Waals surface area contributed by atoms with Crippen molar-refractivity contribution < 1.29 is 9.47 Å². The molecule has 4 nitrogen and oxygen atoms in total. The van der Waals surface area contributed by atoms with Crippen LogP contribution in [0.1, 0.15) is 19.8 Å². The Kier molecular flexibility index (Phi) is 3.54. The number of ether oxygens (including phenoxy) is 2. The maximum absolute atomic E-state index is 5.98. The van der Waals surface area contributed by atoms with E-state index in [0.717, 1.165) is 25.6 Å². The topological polar surface area (TPSA) is 47.7 Å². The number of hydrogen-bond donors (Lipinski definition) is 1. The molecule has 1 aliphatic heterocycles. The first kappa shape index (κ1) is 12.3. The van der Waals surface area contributed by atoms with Crippen molar-refractivity contribution in [1.82, 2.24) is 4.90 Å². The maximum atomic E-state index is 5.98. The van der Waals surface area contributed by atoms with Gasteiger partial charge in [0.05, 0.1) is 12.2 Å². The Morgan fingerprint density at radius 3 is 2.00 bits per heavy atom. The van der Waals surface area contributed by atoms with E-state index in [1.54, 1.807) is 14.2 Å². The van der Waals surface area contributed by atoms with Gasteiger partial charge < -0.3 is 15.2 Å². The number of methoxy groups -OCH3 is 2. The first-order valence-corrected chi connectivity index (χ1v) is 6.16. The van der Waals surface area contributed by atoms with Gasteiger partial charge >= 0.3 is 0 Å². The van der Waals surface area contributed by atoms with Gasteiger partial charge in [-0.05, 0) is 25.7 Å². The third-order valence-electron chi connectivity index (χ3n) is 4.41. The van der Waals surface area contributed by atoms with E-state index in [1.807, 2.05) is 0 Å². The number of nitrogens with two attached hydrogens (primary N) is 1. The van der Waals surface area contributed by atoms with Crippen molar-refractivity contribution in [3.05, 3.63) is 0 Å². The van der Waals surface area contributed by atoms with Crippen molar-refractivity contribution in [3.63, 3.8) is 0 Å². The van der Waals surface area contributed by atoms with Crippen molar-refractivity contribution in [1.29, 1.82) is 0 Å². The largest absolute Gasteiger partial charge is 0.377 e. The summed E-state index contributed by atoms with van der Waals surface area (Å²) in [5, 5.41) is 0. The highest BCUT2D eigenvalue weighted by Crippen LogP contribution is 2.43. The van der Waals surface area contributed by atoms with Crippen LogP contribution in [-0.4, -0.2) is 56.5 Å². The van der Waals surface area contributed by atoms with Crippen LogP contribution >= 0.6 is 0 Å². The van der Waals surface area contributed by atoms with Crippen LogP contribution in [0.15, 0.2) is 0 Å². The number of hydrogen-bond acceptors (Lipinski definition) is 4. The van der Waals surface area contributed by atoms with Crippen LogP contribution in [0.25, 0.3) is 0 Å². The fourth-order valence-electron chi connectivity index (χ4n) is 2.87. The SMILES string of the molecule is COC1CN(C(C)(CN)C2CC2)CC1OC. The first-order chi connectivity index (χ1) is 7.65. The smallest absolute Gasteiger partial charge is 0.0972 e. The van der Waals surface area contributed by atoms with E-state index in [9.17, 15) is 0 Å². The van der Waals surface area contributed by atoms with Crippen molar-refractivity contribution >= 4 is 0 Å². The number of nitrogens with zero attached hydrogens (tertiary/aromatic N) is 1. The van der Waals surface area contributed by atoms with Crippen molar-refractivity contribution in [2.24, 2.45) is 11.7 Å². The fourth-order valence-corrected chi connectivity index (χ4v) is 2.87. The van der Waals surface area contributed by atoms with E-state index in [1.165, 1.54) is 12.8 Å². The third kappa shape index (κ3) is 1.99. The van der Waals surface area contributed by atoms with Crippen molar-refractivity contribution in [2.45, 2.75) is 37.5 Å². The van der Waals surface area contributed by atoms with Gasteiger partial charge in [0.2, 0.25) is 0 Å². The summed E-state index contributed by atoms with van der Waals surface area (Å²) < 4.78 is 11.0. The molecule has 0 amide bonds. The quantitative estimate of drug-likeness (QED) is 0.742. The average molecular weight is 228 g/mol. The Labute approximate surface area is 98.1 Å². The van der Waals surface area contributed by atoms with Crippen LogP contribution in [0.4, 0.5) is 0 Å². The van der Waals surface area contributed by atoms with Crippen molar-refractivity contribution in [3.8, 4) is 0 Å². The molecule has 1 saturated heterocycles. The van der Waals surface area contributed by atoms with Gasteiger partial charge in [0.1, 0.15) is 0 Å². The summed E-state index contributed by atoms with van der Waals surface area (Å²) in [5.41, 5.74) is 6.12. The van der Waals surface area contributed by atoms with Crippen LogP contribution in [0.2, 0.25) is 0 Å². The molecule has 2 rings (SSSR count). The Balaban J connectivity index is 2.05. The van der Waals surface area contributed by atoms with E-state index in [4.69, 9.17) is 15.2 Å². The molecule has 0 spiro atoms. The minimum absolute atomic E-state index is 0.143. The van der Waals surface area contributed by atoms with E-state index in [2.05, 4.69) is 11.8 Å². The van der Waals surface area contributed by atoms with Crippen LogP contribution < -0.4 is 5.73 Å². The van der Waals surface area contributed by atoms with Gasteiger partial charge in [0.25, 0.3) is 0 Å². The van der Waals surface area contributed by atoms with Crippen LogP contribution in [-0.2, 0) is 9.47 Å². The van der Waals surface area contributed by atoms with Crippen LogP contribution in [0.3, 0.4) is 0 Å². The lowest BCUT2D eigenvalue weighted by Crippen LogP contribution is -2.52. The molecule has 0 radical (unpaired) electrons. The fraction of sp³-hybridized carbons (Fsp3) is 1.00. The minimum atomic E-state index is 0.143. The Morgan fingerprint density at radius 2 is 1.69 bits per heavy atom. The Bertz CT molecular complexity index is 233. The molecule has 94 valence electrons. The Hall–Kier alpha value is -0.160. The zero-order valence-electron chi connectivity index (χ0n) is 10.6. The lowest BCUT2D eigenvalue weighted by Gasteiger charge is -2.38. The molecular formula is C12H24N2O2. The molecule has 0 bridgehead atoms. The summed E-state index contributed by atoms with van der Waals surface area (Å²) in [4.78, 5) is 2.47. The van der Waals surface area contributed by atoms with Crippen LogP contribution in [0.5, 0.6) is 0 Å². The lowest BCUT2D eigenvalue weighted by atomic mass is 9.94. The van der Waals surface area contributed by atoms with Gasteiger partial charge in [-0.2, -0.15) is 0 Å². The standard InChI is InChI=1S/C12H24N2O2/c1-12(8-13,9-4-5-9)14-6-10(15-2)11(7-14)16-3/h9-11H,4-8,13H2,1-3H3. The van der Waals surface area contributed by atoms with E-state index < -0.39 is 0 Å². The summed E-state index contributed by atoms with van der Waals surface area (Å²) in [6.45, 7) is 4.90. The summed E-state index contributed by atoms with van der Waals surface area (Å²) in [7, 11) is 3.52. The van der Waals surface area contributed by atoms with Crippen LogP contribution in [0, 0.1) is 5.92 Å². The van der Waals surface area contributed by atoms with E-state index in [0.29, 0.717) is 0 Å². The molecule has 4 heteroatoms. The third-order valence-corrected chi connectivity index (χ3v) is 4.41. The molecule has 2 fully saturated rings. The van der Waals surface area contributed by atoms with Crippen molar-refractivity contribution in [2.75, 3.05) is 33.9 Å². The summed E-state index contributed by atoms with van der Waals surface area (Å²) >= 11 is 0. The van der Waals surface area contributed by atoms with Gasteiger partial charge in [-0.3, -0.25) is 4.90 Å². The molecule has 1 heterocycles. The minimum Gasteiger partial charge on any atom is -0.377 e. The second-order valence-electron chi connectivity index (χ2n) is 5.29. The molecular weight excluding hydrogens is 204 g/mol. The maximum Gasteiger partial charge on any atom is 0.0972 e. The normalized spacial score (nSPS) is 35.2. The van der Waals surface area contributed by atoms with Gasteiger partial charge in [0, 0.05) is 39.4 Å². The van der Waals surface area contributed by atoms with Gasteiger partial charge in [-0.1, -0.05) is 0 Å². The Morgan fingerprint density at radius 1 is 1.19 bits per heavy atom. The molecule has 16 heavy (non-hydrogen) atoms. The molecule has 2 N–H and O–H groups in total. The molecule has 3 unspecified atom stereocenters. The highest BCUT2D eigenvalue weighted by atomic mass is 16.5. The average Bonchev–Trinajstić information content (AvgIpc) is 3.07. The molecule has 3 atom stereocenters. The molecule has 2 aliphatic rings. The summed E-state index contributed by atoms with van der Waals surface area (Å²) in [6, 6.07) is 0. The molecule has 1 aliphatic carbocycles. The lowest BCUT2D eigenvalue weighted by molar-refractivity contribution is -0.00461.